The van der Waals surface area contributed by atoms with Gasteiger partial charge in [0.05, 0.1) is 0 Å². The lowest BCUT2D eigenvalue weighted by atomic mass is 10.0. The molecule has 0 spiro atoms. The summed E-state index contributed by atoms with van der Waals surface area (Å²) in [6, 6.07) is 2.38. The molecule has 1 aliphatic rings. The second kappa shape index (κ2) is 6.59. The Labute approximate surface area is 118 Å². The van der Waals surface area contributed by atoms with Gasteiger partial charge in [-0.3, -0.25) is 0 Å². The minimum absolute atomic E-state index is 0.176. The Morgan fingerprint density at radius 1 is 1.10 bits per heavy atom. The van der Waals surface area contributed by atoms with E-state index in [1.165, 1.54) is 0 Å². The number of nitrogens with one attached hydrogen (secondary N) is 1. The molecule has 0 saturated carbocycles. The van der Waals surface area contributed by atoms with Crippen molar-refractivity contribution in [1.82, 2.24) is 10.2 Å². The summed E-state index contributed by atoms with van der Waals surface area (Å²) in [5.41, 5.74) is 0.176. The average Bonchev–Trinajstić information content (AvgIpc) is 2.42. The summed E-state index contributed by atoms with van der Waals surface area (Å²) >= 11 is 0. The van der Waals surface area contributed by atoms with E-state index in [2.05, 4.69) is 24.1 Å². The molecule has 20 heavy (non-hydrogen) atoms. The monoisotopic (exact) mass is 286 g/mol. The van der Waals surface area contributed by atoms with Crippen LogP contribution >= 0.6 is 0 Å². The molecule has 1 aromatic carbocycles. The summed E-state index contributed by atoms with van der Waals surface area (Å²) in [5, 5.41) is 3.23. The van der Waals surface area contributed by atoms with Crippen LogP contribution in [0, 0.1) is 17.5 Å². The van der Waals surface area contributed by atoms with Gasteiger partial charge in [0.25, 0.3) is 0 Å². The standard InChI is InChI=1S/C15H21F3N2/c1-10(2)20-5-3-12(4-6-20)19-9-11-7-14(17)15(18)8-13(11)16/h7-8,10,12,19H,3-6,9H2,1-2H3. The molecule has 1 saturated heterocycles. The quantitative estimate of drug-likeness (QED) is 0.856. The number of halogens is 3. The van der Waals surface area contributed by atoms with E-state index in [1.54, 1.807) is 0 Å². The van der Waals surface area contributed by atoms with Crippen LogP contribution in [0.2, 0.25) is 0 Å². The predicted molar refractivity (Wildman–Crippen MR) is 72.9 cm³/mol. The second-order valence-corrected chi connectivity index (χ2v) is 5.64. The van der Waals surface area contributed by atoms with Gasteiger partial charge < -0.3 is 10.2 Å². The Bertz CT molecular complexity index is 455. The molecule has 0 atom stereocenters. The number of rotatable bonds is 4. The summed E-state index contributed by atoms with van der Waals surface area (Å²) in [6.45, 7) is 6.59. The van der Waals surface area contributed by atoms with Gasteiger partial charge in [-0.05, 0) is 45.8 Å². The summed E-state index contributed by atoms with van der Waals surface area (Å²) < 4.78 is 39.4. The molecule has 1 aromatic rings. The van der Waals surface area contributed by atoms with Crippen LogP contribution in [0.5, 0.6) is 0 Å². The van der Waals surface area contributed by atoms with E-state index in [1.807, 2.05) is 0 Å². The molecular formula is C15H21F3N2. The Balaban J connectivity index is 1.86. The highest BCUT2D eigenvalue weighted by molar-refractivity contribution is 5.20. The van der Waals surface area contributed by atoms with Crippen molar-refractivity contribution in [2.75, 3.05) is 13.1 Å². The molecule has 1 heterocycles. The third kappa shape index (κ3) is 3.73. The van der Waals surface area contributed by atoms with Crippen LogP contribution in [0.15, 0.2) is 12.1 Å². The molecule has 1 N–H and O–H groups in total. The fourth-order valence-corrected chi connectivity index (χ4v) is 2.57. The van der Waals surface area contributed by atoms with Gasteiger partial charge in [0.2, 0.25) is 0 Å². The predicted octanol–water partition coefficient (Wildman–Crippen LogP) is 3.07. The molecule has 0 aromatic heterocycles. The largest absolute Gasteiger partial charge is 0.310 e. The summed E-state index contributed by atoms with van der Waals surface area (Å²) in [7, 11) is 0. The molecule has 0 amide bonds. The van der Waals surface area contributed by atoms with Gasteiger partial charge in [-0.1, -0.05) is 0 Å². The molecule has 1 fully saturated rings. The summed E-state index contributed by atoms with van der Waals surface area (Å²) in [5.74, 6) is -2.84. The van der Waals surface area contributed by atoms with E-state index in [-0.39, 0.29) is 12.1 Å². The van der Waals surface area contributed by atoms with Gasteiger partial charge in [-0.2, -0.15) is 0 Å². The Hall–Kier alpha value is -1.07. The topological polar surface area (TPSA) is 15.3 Å². The second-order valence-electron chi connectivity index (χ2n) is 5.64. The average molecular weight is 286 g/mol. The highest BCUT2D eigenvalue weighted by atomic mass is 19.2. The third-order valence-electron chi connectivity index (χ3n) is 3.93. The van der Waals surface area contributed by atoms with E-state index >= 15 is 0 Å². The van der Waals surface area contributed by atoms with Gasteiger partial charge in [-0.25, -0.2) is 13.2 Å². The normalized spacial score (nSPS) is 17.9. The molecule has 0 radical (unpaired) electrons. The molecule has 2 rings (SSSR count). The van der Waals surface area contributed by atoms with Crippen LogP contribution < -0.4 is 5.32 Å². The maximum Gasteiger partial charge on any atom is 0.161 e. The van der Waals surface area contributed by atoms with E-state index in [9.17, 15) is 13.2 Å². The first kappa shape index (κ1) is 15.3. The lowest BCUT2D eigenvalue weighted by Crippen LogP contribution is -2.44. The lowest BCUT2D eigenvalue weighted by molar-refractivity contribution is 0.160. The number of piperidine rings is 1. The number of hydrogen-bond donors (Lipinski definition) is 1. The van der Waals surface area contributed by atoms with E-state index < -0.39 is 17.5 Å². The van der Waals surface area contributed by atoms with Crippen molar-refractivity contribution in [3.05, 3.63) is 35.1 Å². The zero-order valence-corrected chi connectivity index (χ0v) is 11.9. The minimum Gasteiger partial charge on any atom is -0.310 e. The lowest BCUT2D eigenvalue weighted by Gasteiger charge is -2.35. The maximum atomic E-state index is 13.5. The van der Waals surface area contributed by atoms with E-state index in [4.69, 9.17) is 0 Å². The van der Waals surface area contributed by atoms with Gasteiger partial charge in [0, 0.05) is 30.3 Å². The summed E-state index contributed by atoms with van der Waals surface area (Å²) in [4.78, 5) is 2.40. The molecule has 2 nitrogen and oxygen atoms in total. The number of nitrogens with zero attached hydrogens (tertiary/aromatic N) is 1. The molecule has 0 aliphatic carbocycles. The first-order chi connectivity index (χ1) is 9.47. The third-order valence-corrected chi connectivity index (χ3v) is 3.93. The molecule has 0 bridgehead atoms. The van der Waals surface area contributed by atoms with Crippen molar-refractivity contribution in [2.24, 2.45) is 0 Å². The zero-order chi connectivity index (χ0) is 14.7. The van der Waals surface area contributed by atoms with E-state index in [0.29, 0.717) is 18.2 Å². The van der Waals surface area contributed by atoms with Crippen molar-refractivity contribution >= 4 is 0 Å². The molecular weight excluding hydrogens is 265 g/mol. The molecule has 112 valence electrons. The number of benzene rings is 1. The van der Waals surface area contributed by atoms with Gasteiger partial charge in [-0.15, -0.1) is 0 Å². The molecule has 0 unspecified atom stereocenters. The van der Waals surface area contributed by atoms with Crippen molar-refractivity contribution in [2.45, 2.75) is 45.3 Å². The molecule has 5 heteroatoms. The van der Waals surface area contributed by atoms with Crippen molar-refractivity contribution in [3.8, 4) is 0 Å². The Morgan fingerprint density at radius 3 is 2.30 bits per heavy atom. The fourth-order valence-electron chi connectivity index (χ4n) is 2.57. The van der Waals surface area contributed by atoms with Crippen LogP contribution in [0.4, 0.5) is 13.2 Å². The highest BCUT2D eigenvalue weighted by Gasteiger charge is 2.20. The highest BCUT2D eigenvalue weighted by Crippen LogP contribution is 2.16. The van der Waals surface area contributed by atoms with Crippen molar-refractivity contribution in [3.63, 3.8) is 0 Å². The Morgan fingerprint density at radius 2 is 1.70 bits per heavy atom. The van der Waals surface area contributed by atoms with Crippen LogP contribution in [-0.2, 0) is 6.54 Å². The molecule has 1 aliphatic heterocycles. The first-order valence-electron chi connectivity index (χ1n) is 7.08. The van der Waals surface area contributed by atoms with Gasteiger partial charge in [0.15, 0.2) is 11.6 Å². The summed E-state index contributed by atoms with van der Waals surface area (Å²) in [6.07, 6.45) is 1.98. The smallest absolute Gasteiger partial charge is 0.161 e. The van der Waals surface area contributed by atoms with Crippen molar-refractivity contribution in [1.29, 1.82) is 0 Å². The first-order valence-corrected chi connectivity index (χ1v) is 7.08. The van der Waals surface area contributed by atoms with Crippen LogP contribution in [0.25, 0.3) is 0 Å². The van der Waals surface area contributed by atoms with Crippen LogP contribution in [0.1, 0.15) is 32.3 Å². The van der Waals surface area contributed by atoms with Crippen LogP contribution in [-0.4, -0.2) is 30.1 Å². The zero-order valence-electron chi connectivity index (χ0n) is 11.9. The minimum atomic E-state index is -1.14. The Kier molecular flexibility index (Phi) is 5.05. The number of likely N-dealkylation sites (tertiary alicyclic amines) is 1. The van der Waals surface area contributed by atoms with E-state index in [0.717, 1.165) is 32.0 Å². The maximum absolute atomic E-state index is 13.5. The van der Waals surface area contributed by atoms with Crippen molar-refractivity contribution < 1.29 is 13.2 Å². The fraction of sp³-hybridized carbons (Fsp3) is 0.600. The van der Waals surface area contributed by atoms with Gasteiger partial charge >= 0.3 is 0 Å². The van der Waals surface area contributed by atoms with Gasteiger partial charge in [0.1, 0.15) is 5.82 Å². The number of hydrogen-bond acceptors (Lipinski definition) is 2. The van der Waals surface area contributed by atoms with Crippen LogP contribution in [0.3, 0.4) is 0 Å². The SMILES string of the molecule is CC(C)N1CCC(NCc2cc(F)c(F)cc2F)CC1.